The van der Waals surface area contributed by atoms with Gasteiger partial charge in [-0.3, -0.25) is 9.78 Å². The van der Waals surface area contributed by atoms with Gasteiger partial charge in [-0.25, -0.2) is 14.3 Å². The zero-order valence-electron chi connectivity index (χ0n) is 9.83. The van der Waals surface area contributed by atoms with Crippen LogP contribution >= 0.6 is 0 Å². The molecule has 0 aliphatic rings. The van der Waals surface area contributed by atoms with E-state index in [9.17, 15) is 9.59 Å². The molecule has 6 heteroatoms. The van der Waals surface area contributed by atoms with Gasteiger partial charge < -0.3 is 5.73 Å². The summed E-state index contributed by atoms with van der Waals surface area (Å²) in [6.45, 7) is 0. The van der Waals surface area contributed by atoms with Gasteiger partial charge in [-0.1, -0.05) is 12.1 Å². The monoisotopic (exact) mass is 254 g/mol. The van der Waals surface area contributed by atoms with Crippen LogP contribution in [0, 0.1) is 0 Å². The van der Waals surface area contributed by atoms with E-state index in [1.807, 2.05) is 0 Å². The Morgan fingerprint density at radius 2 is 1.89 bits per heavy atom. The molecule has 2 aromatic heterocycles. The van der Waals surface area contributed by atoms with Crippen molar-refractivity contribution in [1.29, 1.82) is 0 Å². The van der Waals surface area contributed by atoms with Crippen LogP contribution in [-0.2, 0) is 0 Å². The first-order chi connectivity index (χ1) is 9.18. The van der Waals surface area contributed by atoms with Gasteiger partial charge in [-0.15, -0.1) is 0 Å². The maximum absolute atomic E-state index is 12.0. The van der Waals surface area contributed by atoms with Crippen LogP contribution < -0.4 is 17.0 Å². The molecule has 3 rings (SSSR count). The number of nitrogens with two attached hydrogens (primary N) is 1. The Hall–Kier alpha value is -2.89. The van der Waals surface area contributed by atoms with E-state index in [4.69, 9.17) is 5.73 Å². The maximum atomic E-state index is 12.0. The van der Waals surface area contributed by atoms with E-state index in [2.05, 4.69) is 9.97 Å². The van der Waals surface area contributed by atoms with Crippen LogP contribution in [0.3, 0.4) is 0 Å². The highest BCUT2D eigenvalue weighted by atomic mass is 16.2. The van der Waals surface area contributed by atoms with E-state index in [0.29, 0.717) is 16.8 Å². The highest BCUT2D eigenvalue weighted by molar-refractivity contribution is 5.76. The molecule has 1 aromatic carbocycles. The standard InChI is InChI=1S/C13H10N4O2/c14-9-5-1-2-6-10(9)17-11-8(4-3-7-15-11)12(18)16-13(17)19/h1-7H,14H2,(H,16,18,19). The average molecular weight is 254 g/mol. The maximum Gasteiger partial charge on any atom is 0.334 e. The van der Waals surface area contributed by atoms with E-state index < -0.39 is 11.2 Å². The van der Waals surface area contributed by atoms with Crippen molar-refractivity contribution in [2.45, 2.75) is 0 Å². The lowest BCUT2D eigenvalue weighted by Gasteiger charge is -2.10. The van der Waals surface area contributed by atoms with Crippen molar-refractivity contribution in [1.82, 2.24) is 14.5 Å². The van der Waals surface area contributed by atoms with Crippen LogP contribution in [-0.4, -0.2) is 14.5 Å². The average Bonchev–Trinajstić information content (AvgIpc) is 2.41. The highest BCUT2D eigenvalue weighted by Gasteiger charge is 2.11. The third kappa shape index (κ3) is 1.70. The molecule has 0 saturated heterocycles. The summed E-state index contributed by atoms with van der Waals surface area (Å²) in [5, 5.41) is 0.338. The van der Waals surface area contributed by atoms with Crippen molar-refractivity contribution in [2.24, 2.45) is 0 Å². The van der Waals surface area contributed by atoms with Crippen molar-refractivity contribution < 1.29 is 0 Å². The molecule has 0 saturated carbocycles. The van der Waals surface area contributed by atoms with Gasteiger partial charge >= 0.3 is 5.69 Å². The fraction of sp³-hybridized carbons (Fsp3) is 0. The lowest BCUT2D eigenvalue weighted by Crippen LogP contribution is -2.30. The molecule has 2 heterocycles. The quantitative estimate of drug-likeness (QED) is 0.624. The van der Waals surface area contributed by atoms with Gasteiger partial charge in [-0.2, -0.15) is 0 Å². The zero-order chi connectivity index (χ0) is 13.4. The molecule has 0 fully saturated rings. The van der Waals surface area contributed by atoms with Crippen LogP contribution in [0.25, 0.3) is 16.7 Å². The molecule has 94 valence electrons. The molecule has 3 aromatic rings. The number of fused-ring (bicyclic) bond motifs is 1. The number of hydrogen-bond acceptors (Lipinski definition) is 4. The second-order valence-electron chi connectivity index (χ2n) is 4.03. The van der Waals surface area contributed by atoms with Crippen LogP contribution in [0.4, 0.5) is 5.69 Å². The van der Waals surface area contributed by atoms with Crippen molar-refractivity contribution in [2.75, 3.05) is 5.73 Å². The first-order valence-electron chi connectivity index (χ1n) is 5.63. The van der Waals surface area contributed by atoms with Crippen LogP contribution in [0.5, 0.6) is 0 Å². The van der Waals surface area contributed by atoms with Gasteiger partial charge in [0.2, 0.25) is 0 Å². The minimum absolute atomic E-state index is 0.286. The summed E-state index contributed by atoms with van der Waals surface area (Å²) in [6.07, 6.45) is 1.52. The number of nitrogens with zero attached hydrogens (tertiary/aromatic N) is 2. The Kier molecular flexibility index (Phi) is 2.42. The second kappa shape index (κ2) is 4.09. The largest absolute Gasteiger partial charge is 0.397 e. The molecule has 3 N–H and O–H groups in total. The lowest BCUT2D eigenvalue weighted by atomic mass is 10.2. The Morgan fingerprint density at radius 3 is 2.68 bits per heavy atom. The summed E-state index contributed by atoms with van der Waals surface area (Å²) < 4.78 is 1.30. The topological polar surface area (TPSA) is 93.8 Å². The molecule has 0 spiro atoms. The van der Waals surface area contributed by atoms with Crippen LogP contribution in [0.15, 0.2) is 52.2 Å². The van der Waals surface area contributed by atoms with E-state index in [0.717, 1.165) is 0 Å². The van der Waals surface area contributed by atoms with Gasteiger partial charge in [0.1, 0.15) is 0 Å². The minimum atomic E-state index is -0.561. The first kappa shape index (κ1) is 11.2. The van der Waals surface area contributed by atoms with E-state index in [-0.39, 0.29) is 5.65 Å². The Balaban J connectivity index is 2.52. The fourth-order valence-corrected chi connectivity index (χ4v) is 1.98. The van der Waals surface area contributed by atoms with Gasteiger partial charge in [0.15, 0.2) is 5.65 Å². The normalized spacial score (nSPS) is 10.7. The van der Waals surface area contributed by atoms with Crippen molar-refractivity contribution in [3.8, 4) is 5.69 Å². The number of H-pyrrole nitrogens is 1. The molecule has 0 aliphatic carbocycles. The number of pyridine rings is 1. The summed E-state index contributed by atoms with van der Waals surface area (Å²) >= 11 is 0. The molecule has 0 radical (unpaired) electrons. The van der Waals surface area contributed by atoms with Gasteiger partial charge in [0.25, 0.3) is 5.56 Å². The lowest BCUT2D eigenvalue weighted by molar-refractivity contribution is 0.927. The predicted octanol–water partition coefficient (Wildman–Crippen LogP) is 0.656. The highest BCUT2D eigenvalue weighted by Crippen LogP contribution is 2.17. The zero-order valence-corrected chi connectivity index (χ0v) is 9.83. The summed E-state index contributed by atoms with van der Waals surface area (Å²) in [4.78, 5) is 30.1. The minimum Gasteiger partial charge on any atom is -0.397 e. The number of aromatic nitrogens is 3. The first-order valence-corrected chi connectivity index (χ1v) is 5.63. The number of aromatic amines is 1. The summed E-state index contributed by atoms with van der Waals surface area (Å²) in [7, 11) is 0. The molecule has 0 atom stereocenters. The fourth-order valence-electron chi connectivity index (χ4n) is 1.98. The molecule has 0 amide bonds. The molecule has 0 unspecified atom stereocenters. The third-order valence-corrected chi connectivity index (χ3v) is 2.84. The number of rotatable bonds is 1. The molecular formula is C13H10N4O2. The Labute approximate surface area is 107 Å². The molecular weight excluding hydrogens is 244 g/mol. The number of benzene rings is 1. The Bertz CT molecular complexity index is 879. The van der Waals surface area contributed by atoms with Gasteiger partial charge in [0.05, 0.1) is 16.8 Å². The number of nitrogen functional groups attached to an aromatic ring is 1. The number of nitrogens with one attached hydrogen (secondary N) is 1. The third-order valence-electron chi connectivity index (χ3n) is 2.84. The second-order valence-corrected chi connectivity index (χ2v) is 4.03. The van der Waals surface area contributed by atoms with Gasteiger partial charge in [-0.05, 0) is 24.3 Å². The van der Waals surface area contributed by atoms with Crippen molar-refractivity contribution >= 4 is 16.7 Å². The van der Waals surface area contributed by atoms with E-state index >= 15 is 0 Å². The smallest absolute Gasteiger partial charge is 0.334 e. The summed E-state index contributed by atoms with van der Waals surface area (Å²) in [6, 6.07) is 10.2. The number of anilines is 1. The molecule has 6 nitrogen and oxygen atoms in total. The predicted molar refractivity (Wildman–Crippen MR) is 72.4 cm³/mol. The number of hydrogen-bond donors (Lipinski definition) is 2. The van der Waals surface area contributed by atoms with E-state index in [1.54, 1.807) is 36.4 Å². The SMILES string of the molecule is Nc1ccccc1-n1c(=O)[nH]c(=O)c2cccnc21. The summed E-state index contributed by atoms with van der Waals surface area (Å²) in [5.41, 5.74) is 6.06. The van der Waals surface area contributed by atoms with Crippen molar-refractivity contribution in [3.05, 3.63) is 63.4 Å². The van der Waals surface area contributed by atoms with Gasteiger partial charge in [0, 0.05) is 6.20 Å². The molecule has 0 aliphatic heterocycles. The van der Waals surface area contributed by atoms with Crippen LogP contribution in [0.2, 0.25) is 0 Å². The van der Waals surface area contributed by atoms with E-state index in [1.165, 1.54) is 10.8 Å². The Morgan fingerprint density at radius 1 is 1.11 bits per heavy atom. The molecule has 19 heavy (non-hydrogen) atoms. The number of para-hydroxylation sites is 2. The summed E-state index contributed by atoms with van der Waals surface area (Å²) in [5.74, 6) is 0. The van der Waals surface area contributed by atoms with Crippen LogP contribution in [0.1, 0.15) is 0 Å². The molecule has 0 bridgehead atoms. The van der Waals surface area contributed by atoms with Crippen molar-refractivity contribution in [3.63, 3.8) is 0 Å².